The van der Waals surface area contributed by atoms with Crippen molar-refractivity contribution in [2.45, 2.75) is 0 Å². The molecule has 0 saturated carbocycles. The summed E-state index contributed by atoms with van der Waals surface area (Å²) in [4.78, 5) is 21.5. The summed E-state index contributed by atoms with van der Waals surface area (Å²) < 4.78 is 28.9. The number of amides is 1. The van der Waals surface area contributed by atoms with Gasteiger partial charge in [-0.1, -0.05) is 0 Å². The van der Waals surface area contributed by atoms with Crippen molar-refractivity contribution < 1.29 is 27.9 Å². The van der Waals surface area contributed by atoms with Crippen LogP contribution >= 0.6 is 0 Å². The molecule has 0 aliphatic rings. The van der Waals surface area contributed by atoms with Crippen LogP contribution in [0.1, 0.15) is 0 Å². The van der Waals surface area contributed by atoms with Gasteiger partial charge in [0.05, 0.1) is 6.26 Å². The molecule has 0 fully saturated rings. The highest BCUT2D eigenvalue weighted by atomic mass is 32.2. The van der Waals surface area contributed by atoms with E-state index in [0.717, 1.165) is 6.26 Å². The molecule has 8 nitrogen and oxygen atoms in total. The number of anilines is 2. The van der Waals surface area contributed by atoms with E-state index in [9.17, 15) is 18.0 Å². The van der Waals surface area contributed by atoms with Gasteiger partial charge in [0.2, 0.25) is 15.9 Å². The molecular formula is C11H14N2O6S. The number of aliphatic carboxylic acids is 1. The highest BCUT2D eigenvalue weighted by molar-refractivity contribution is 7.92. The third-order valence-corrected chi connectivity index (χ3v) is 2.54. The van der Waals surface area contributed by atoms with Gasteiger partial charge >= 0.3 is 5.97 Å². The molecule has 1 amide bonds. The van der Waals surface area contributed by atoms with Crippen molar-refractivity contribution in [3.63, 3.8) is 0 Å². The fraction of sp³-hybridized carbons (Fsp3) is 0.273. The average Bonchev–Trinajstić information content (AvgIpc) is 2.29. The zero-order chi connectivity index (χ0) is 15.2. The number of rotatable bonds is 7. The Morgan fingerprint density at radius 2 is 1.70 bits per heavy atom. The van der Waals surface area contributed by atoms with E-state index < -0.39 is 28.5 Å². The molecule has 1 aromatic carbocycles. The van der Waals surface area contributed by atoms with Crippen LogP contribution in [-0.4, -0.2) is 44.9 Å². The van der Waals surface area contributed by atoms with Gasteiger partial charge in [0.15, 0.2) is 0 Å². The van der Waals surface area contributed by atoms with Gasteiger partial charge in [-0.2, -0.15) is 0 Å². The first-order valence-electron chi connectivity index (χ1n) is 5.43. The molecule has 0 heterocycles. The minimum atomic E-state index is -3.35. The quantitative estimate of drug-likeness (QED) is 0.656. The minimum absolute atomic E-state index is 0.368. The number of carbonyl (C=O) groups excluding carboxylic acids is 1. The smallest absolute Gasteiger partial charge is 0.329 e. The summed E-state index contributed by atoms with van der Waals surface area (Å²) in [7, 11) is -3.35. The molecule has 0 spiro atoms. The van der Waals surface area contributed by atoms with E-state index in [0.29, 0.717) is 11.4 Å². The largest absolute Gasteiger partial charge is 0.480 e. The Hall–Kier alpha value is -2.13. The molecule has 0 saturated heterocycles. The summed E-state index contributed by atoms with van der Waals surface area (Å²) in [5.41, 5.74) is 0.806. The third-order valence-electron chi connectivity index (χ3n) is 1.93. The SMILES string of the molecule is CS(=O)(=O)Nc1ccc(NC(=O)COCC(=O)O)cc1. The van der Waals surface area contributed by atoms with Crippen molar-refractivity contribution in [1.82, 2.24) is 0 Å². The van der Waals surface area contributed by atoms with Gasteiger partial charge in [-0.15, -0.1) is 0 Å². The van der Waals surface area contributed by atoms with Crippen LogP contribution in [0.25, 0.3) is 0 Å². The van der Waals surface area contributed by atoms with Crippen molar-refractivity contribution in [2.75, 3.05) is 29.5 Å². The van der Waals surface area contributed by atoms with E-state index in [1.165, 1.54) is 24.3 Å². The highest BCUT2D eigenvalue weighted by Gasteiger charge is 2.05. The Morgan fingerprint density at radius 1 is 1.15 bits per heavy atom. The number of hydrogen-bond donors (Lipinski definition) is 3. The third kappa shape index (κ3) is 6.71. The second kappa shape index (κ2) is 6.87. The summed E-state index contributed by atoms with van der Waals surface area (Å²) in [6.45, 7) is -0.930. The van der Waals surface area contributed by atoms with Crippen LogP contribution in [0.15, 0.2) is 24.3 Å². The van der Waals surface area contributed by atoms with Gasteiger partial charge in [0.1, 0.15) is 13.2 Å². The lowest BCUT2D eigenvalue weighted by atomic mass is 10.3. The van der Waals surface area contributed by atoms with Gasteiger partial charge < -0.3 is 15.2 Å². The number of nitrogens with one attached hydrogen (secondary N) is 2. The van der Waals surface area contributed by atoms with Crippen LogP contribution in [0, 0.1) is 0 Å². The number of hydrogen-bond acceptors (Lipinski definition) is 5. The van der Waals surface area contributed by atoms with E-state index in [1.807, 2.05) is 0 Å². The highest BCUT2D eigenvalue weighted by Crippen LogP contribution is 2.14. The molecule has 9 heteroatoms. The molecule has 3 N–H and O–H groups in total. The number of carboxylic acids is 1. The normalized spacial score (nSPS) is 10.8. The zero-order valence-electron chi connectivity index (χ0n) is 10.6. The Morgan fingerprint density at radius 3 is 2.20 bits per heavy atom. The Kier molecular flexibility index (Phi) is 5.47. The predicted octanol–water partition coefficient (Wildman–Crippen LogP) is 0.0978. The maximum absolute atomic E-state index is 11.4. The summed E-state index contributed by atoms with van der Waals surface area (Å²) in [5, 5.41) is 10.8. The van der Waals surface area contributed by atoms with Crippen LogP contribution in [0.2, 0.25) is 0 Å². The van der Waals surface area contributed by atoms with E-state index in [2.05, 4.69) is 14.8 Å². The van der Waals surface area contributed by atoms with E-state index in [4.69, 9.17) is 5.11 Å². The van der Waals surface area contributed by atoms with Crippen molar-refractivity contribution in [2.24, 2.45) is 0 Å². The van der Waals surface area contributed by atoms with Crippen LogP contribution in [-0.2, 0) is 24.3 Å². The lowest BCUT2D eigenvalue weighted by Crippen LogP contribution is -2.20. The van der Waals surface area contributed by atoms with E-state index >= 15 is 0 Å². The van der Waals surface area contributed by atoms with Crippen molar-refractivity contribution in [3.8, 4) is 0 Å². The van der Waals surface area contributed by atoms with Crippen molar-refractivity contribution in [1.29, 1.82) is 0 Å². The molecular weight excluding hydrogens is 288 g/mol. The number of carbonyl (C=O) groups is 2. The summed E-state index contributed by atoms with van der Waals surface area (Å²) >= 11 is 0. The van der Waals surface area contributed by atoms with Gasteiger partial charge in [-0.3, -0.25) is 9.52 Å². The molecule has 0 atom stereocenters. The number of carboxylic acid groups (broad SMARTS) is 1. The molecule has 110 valence electrons. The maximum atomic E-state index is 11.4. The molecule has 1 aromatic rings. The molecule has 0 radical (unpaired) electrons. The van der Waals surface area contributed by atoms with Crippen molar-refractivity contribution in [3.05, 3.63) is 24.3 Å². The van der Waals surface area contributed by atoms with E-state index in [1.54, 1.807) is 0 Å². The molecule has 0 aromatic heterocycles. The minimum Gasteiger partial charge on any atom is -0.480 e. The molecule has 0 aliphatic heterocycles. The molecule has 0 bridgehead atoms. The van der Waals surface area contributed by atoms with Gasteiger partial charge in [-0.05, 0) is 24.3 Å². The summed E-state index contributed by atoms with van der Waals surface area (Å²) in [6.07, 6.45) is 1.03. The lowest BCUT2D eigenvalue weighted by molar-refractivity contribution is -0.143. The standard InChI is InChI=1S/C11H14N2O6S/c1-20(17,18)13-9-4-2-8(3-5-9)12-10(14)6-19-7-11(15)16/h2-5,13H,6-7H2,1H3,(H,12,14)(H,15,16). The van der Waals surface area contributed by atoms with Gasteiger partial charge in [0.25, 0.3) is 0 Å². The number of ether oxygens (including phenoxy) is 1. The monoisotopic (exact) mass is 302 g/mol. The van der Waals surface area contributed by atoms with Gasteiger partial charge in [0, 0.05) is 11.4 Å². The van der Waals surface area contributed by atoms with Crippen molar-refractivity contribution >= 4 is 33.3 Å². The fourth-order valence-corrected chi connectivity index (χ4v) is 1.83. The number of benzene rings is 1. The molecule has 1 rings (SSSR count). The number of sulfonamides is 1. The Balaban J connectivity index is 2.49. The lowest BCUT2D eigenvalue weighted by Gasteiger charge is -2.07. The molecule has 20 heavy (non-hydrogen) atoms. The van der Waals surface area contributed by atoms with Crippen LogP contribution in [0.4, 0.5) is 11.4 Å². The average molecular weight is 302 g/mol. The summed E-state index contributed by atoms with van der Waals surface area (Å²) in [5.74, 6) is -1.66. The van der Waals surface area contributed by atoms with E-state index in [-0.39, 0.29) is 6.61 Å². The summed E-state index contributed by atoms with van der Waals surface area (Å²) in [6, 6.07) is 5.97. The predicted molar refractivity (Wildman–Crippen MR) is 72.0 cm³/mol. The molecule has 0 aliphatic carbocycles. The second-order valence-corrected chi connectivity index (χ2v) is 5.63. The second-order valence-electron chi connectivity index (χ2n) is 3.89. The topological polar surface area (TPSA) is 122 Å². The Bertz CT molecular complexity index is 581. The maximum Gasteiger partial charge on any atom is 0.329 e. The van der Waals surface area contributed by atoms with Crippen LogP contribution in [0.3, 0.4) is 0 Å². The first-order chi connectivity index (χ1) is 9.26. The van der Waals surface area contributed by atoms with Crippen LogP contribution in [0.5, 0.6) is 0 Å². The van der Waals surface area contributed by atoms with Crippen LogP contribution < -0.4 is 10.0 Å². The zero-order valence-corrected chi connectivity index (χ0v) is 11.4. The van der Waals surface area contributed by atoms with Gasteiger partial charge in [-0.25, -0.2) is 13.2 Å². The Labute approximate surface area is 115 Å². The first kappa shape index (κ1) is 15.9. The molecule has 0 unspecified atom stereocenters. The first-order valence-corrected chi connectivity index (χ1v) is 7.32. The fourth-order valence-electron chi connectivity index (χ4n) is 1.26.